The lowest BCUT2D eigenvalue weighted by Crippen LogP contribution is -2.38. The van der Waals surface area contributed by atoms with Crippen molar-refractivity contribution in [3.05, 3.63) is 101 Å². The van der Waals surface area contributed by atoms with Gasteiger partial charge >= 0.3 is 11.4 Å². The van der Waals surface area contributed by atoms with Crippen LogP contribution in [0.2, 0.25) is 0 Å². The number of nitrogens with zero attached hydrogens (tertiary/aromatic N) is 7. The Labute approximate surface area is 262 Å². The quantitative estimate of drug-likeness (QED) is 0.297. The summed E-state index contributed by atoms with van der Waals surface area (Å²) < 4.78 is 42.8. The second-order valence-electron chi connectivity index (χ2n) is 10.8. The van der Waals surface area contributed by atoms with Gasteiger partial charge in [0.25, 0.3) is 11.1 Å². The molecule has 1 N–H and O–H groups in total. The molecule has 0 aromatic carbocycles. The summed E-state index contributed by atoms with van der Waals surface area (Å²) in [7, 11) is 6.18. The number of rotatable bonds is 7. The first-order chi connectivity index (χ1) is 20.8. The third kappa shape index (κ3) is 8.32. The van der Waals surface area contributed by atoms with Crippen LogP contribution in [-0.4, -0.2) is 52.5 Å². The first-order valence-corrected chi connectivity index (χ1v) is 14.0. The van der Waals surface area contributed by atoms with E-state index in [0.717, 1.165) is 0 Å². The lowest BCUT2D eigenvalue weighted by molar-refractivity contribution is -0.0584. The molecular weight excluding hydrogens is 618 g/mol. The van der Waals surface area contributed by atoms with Gasteiger partial charge in [0, 0.05) is 40.7 Å². The minimum atomic E-state index is -0.920. The van der Waals surface area contributed by atoms with Gasteiger partial charge in [-0.05, 0) is 64.8 Å². The third-order valence-corrected chi connectivity index (χ3v) is 7.22. The number of aromatic amines is 1. The van der Waals surface area contributed by atoms with Crippen molar-refractivity contribution in [1.82, 2.24) is 38.2 Å². The van der Waals surface area contributed by atoms with Gasteiger partial charge < -0.3 is 19.0 Å². The average Bonchev–Trinajstić information content (AvgIpc) is 3.47. The highest BCUT2D eigenvalue weighted by atomic mass is 35.5. The Morgan fingerprint density at radius 2 is 1.29 bits per heavy atom. The maximum absolute atomic E-state index is 13.7. The minimum Gasteiger partial charge on any atom is -0.357 e. The van der Waals surface area contributed by atoms with E-state index in [1.165, 1.54) is 68.7 Å². The van der Waals surface area contributed by atoms with Crippen LogP contribution in [0.15, 0.2) is 43.7 Å². The summed E-state index contributed by atoms with van der Waals surface area (Å²) in [6.07, 6.45) is 2.90. The molecule has 0 aliphatic heterocycles. The fraction of sp³-hybridized carbons (Fsp3) is 0.500. The van der Waals surface area contributed by atoms with Crippen molar-refractivity contribution in [2.24, 2.45) is 14.1 Å². The van der Waals surface area contributed by atoms with Crippen molar-refractivity contribution in [3.8, 4) is 0 Å². The molecular formula is C28H39ClF2N8O6. The van der Waals surface area contributed by atoms with Crippen molar-refractivity contribution >= 4 is 11.6 Å². The van der Waals surface area contributed by atoms with Gasteiger partial charge in [-0.25, -0.2) is 18.4 Å². The third-order valence-electron chi connectivity index (χ3n) is 6.98. The molecule has 4 aromatic heterocycles. The number of alkyl halides is 1. The first kappa shape index (κ1) is 37.0. The van der Waals surface area contributed by atoms with Gasteiger partial charge in [-0.3, -0.25) is 18.7 Å². The first-order valence-electron chi connectivity index (χ1n) is 13.5. The van der Waals surface area contributed by atoms with Crippen molar-refractivity contribution in [3.63, 3.8) is 0 Å². The summed E-state index contributed by atoms with van der Waals surface area (Å²) in [5.41, 5.74) is -3.02. The van der Waals surface area contributed by atoms with Crippen molar-refractivity contribution in [2.75, 3.05) is 14.2 Å². The van der Waals surface area contributed by atoms with E-state index in [9.17, 15) is 28.0 Å². The molecule has 4 aromatic rings. The van der Waals surface area contributed by atoms with Crippen LogP contribution in [0, 0.1) is 25.5 Å². The number of pyridine rings is 2. The van der Waals surface area contributed by atoms with E-state index in [0.29, 0.717) is 17.2 Å². The number of hydrogen-bond acceptors (Lipinski definition) is 8. The molecule has 0 spiro atoms. The van der Waals surface area contributed by atoms with Gasteiger partial charge in [0.05, 0.1) is 12.4 Å². The summed E-state index contributed by atoms with van der Waals surface area (Å²) in [4.78, 5) is 48.4. The molecule has 0 radical (unpaired) electrons. The van der Waals surface area contributed by atoms with E-state index in [1.54, 1.807) is 48.7 Å². The summed E-state index contributed by atoms with van der Waals surface area (Å²) in [6.45, 7) is 9.98. The highest BCUT2D eigenvalue weighted by molar-refractivity contribution is 6.16. The number of aryl methyl sites for hydroxylation is 2. The molecule has 4 heterocycles. The van der Waals surface area contributed by atoms with Crippen LogP contribution in [0.25, 0.3) is 0 Å². The van der Waals surface area contributed by atoms with Gasteiger partial charge in [0.15, 0.2) is 28.9 Å². The molecule has 0 amide bonds. The van der Waals surface area contributed by atoms with E-state index >= 15 is 0 Å². The standard InChI is InChI=1S/C14H19FN4O3.C8H14ClN3O2.C6H6FNO/c1-9-6-7-18(12(20)11(9)15)8-10-16-19(13(21)17(10)4)14(2,3)22-5;1-8(2,14-4)12-7(13)11(3)6(5-9)10-12;1-4-2-3-8-6(9)5(4)7/h6-7H,8H2,1-5H3;5H2,1-4H3;2-3H,1H3,(H,8,9). The van der Waals surface area contributed by atoms with Crippen molar-refractivity contribution < 1.29 is 18.3 Å². The predicted molar refractivity (Wildman–Crippen MR) is 163 cm³/mol. The van der Waals surface area contributed by atoms with Crippen LogP contribution in [0.1, 0.15) is 50.5 Å². The zero-order chi connectivity index (χ0) is 34.4. The SMILES string of the molecule is COC(C)(C)n1nc(CCl)n(C)c1=O.COC(C)(C)n1nc(Cn2ccc(C)c(F)c2=O)n(C)c1=O.Cc1cc[nH]c(=O)c1F. The van der Waals surface area contributed by atoms with E-state index in [-0.39, 0.29) is 29.4 Å². The lowest BCUT2D eigenvalue weighted by atomic mass is 10.3. The monoisotopic (exact) mass is 656 g/mol. The Balaban J connectivity index is 0.000000261. The molecule has 0 fully saturated rings. The maximum atomic E-state index is 13.7. The van der Waals surface area contributed by atoms with Crippen LogP contribution in [0.5, 0.6) is 0 Å². The Morgan fingerprint density at radius 1 is 0.822 bits per heavy atom. The highest BCUT2D eigenvalue weighted by Crippen LogP contribution is 2.13. The number of halogens is 3. The van der Waals surface area contributed by atoms with E-state index < -0.39 is 34.2 Å². The normalized spacial score (nSPS) is 11.5. The van der Waals surface area contributed by atoms with Crippen LogP contribution >= 0.6 is 11.6 Å². The fourth-order valence-corrected chi connectivity index (χ4v) is 3.79. The minimum absolute atomic E-state index is 0.00539. The second kappa shape index (κ2) is 14.8. The largest absolute Gasteiger partial charge is 0.357 e. The highest BCUT2D eigenvalue weighted by Gasteiger charge is 2.26. The molecule has 45 heavy (non-hydrogen) atoms. The molecule has 17 heteroatoms. The number of H-pyrrole nitrogens is 1. The van der Waals surface area contributed by atoms with E-state index in [4.69, 9.17) is 21.1 Å². The molecule has 0 saturated heterocycles. The van der Waals surface area contributed by atoms with Crippen LogP contribution in [0.4, 0.5) is 8.78 Å². The zero-order valence-electron chi connectivity index (χ0n) is 26.9. The van der Waals surface area contributed by atoms with Crippen LogP contribution in [-0.2, 0) is 47.4 Å². The summed E-state index contributed by atoms with van der Waals surface area (Å²) in [5, 5.41) is 8.28. The maximum Gasteiger partial charge on any atom is 0.348 e. The second-order valence-corrected chi connectivity index (χ2v) is 11.1. The molecule has 0 aliphatic rings. The number of hydrogen-bond donors (Lipinski definition) is 1. The van der Waals surface area contributed by atoms with Crippen LogP contribution in [0.3, 0.4) is 0 Å². The molecule has 0 aliphatic carbocycles. The molecule has 0 saturated carbocycles. The number of methoxy groups -OCH3 is 2. The fourth-order valence-electron chi connectivity index (χ4n) is 3.56. The average molecular weight is 657 g/mol. The molecule has 14 nitrogen and oxygen atoms in total. The lowest BCUT2D eigenvalue weighted by Gasteiger charge is -2.21. The number of ether oxygens (including phenoxy) is 2. The Morgan fingerprint density at radius 3 is 1.71 bits per heavy atom. The van der Waals surface area contributed by atoms with Crippen molar-refractivity contribution in [2.45, 2.75) is 65.4 Å². The molecule has 248 valence electrons. The smallest absolute Gasteiger partial charge is 0.348 e. The Kier molecular flexibility index (Phi) is 12.1. The van der Waals surface area contributed by atoms with Gasteiger partial charge in [-0.15, -0.1) is 11.6 Å². The zero-order valence-corrected chi connectivity index (χ0v) is 27.7. The topological polar surface area (TPSA) is 153 Å². The van der Waals surface area contributed by atoms with Crippen molar-refractivity contribution in [1.29, 1.82) is 0 Å². The van der Waals surface area contributed by atoms with E-state index in [2.05, 4.69) is 15.2 Å². The molecule has 0 bridgehead atoms. The van der Waals surface area contributed by atoms with Gasteiger partial charge in [0.1, 0.15) is 5.82 Å². The summed E-state index contributed by atoms with van der Waals surface area (Å²) in [6, 6.07) is 3.02. The van der Waals surface area contributed by atoms with E-state index in [1.807, 2.05) is 0 Å². The van der Waals surface area contributed by atoms with Gasteiger partial charge in [-0.2, -0.15) is 19.6 Å². The molecule has 0 atom stereocenters. The molecule has 0 unspecified atom stereocenters. The van der Waals surface area contributed by atoms with Crippen LogP contribution < -0.4 is 22.5 Å². The Bertz CT molecular complexity index is 1870. The summed E-state index contributed by atoms with van der Waals surface area (Å²) >= 11 is 5.63. The predicted octanol–water partition coefficient (Wildman–Crippen LogP) is 2.06. The number of nitrogens with one attached hydrogen (secondary N) is 1. The molecule has 4 rings (SSSR count). The summed E-state index contributed by atoms with van der Waals surface area (Å²) in [5.74, 6) is -0.428. The van der Waals surface area contributed by atoms with Gasteiger partial charge in [0.2, 0.25) is 0 Å². The number of aromatic nitrogens is 8. The van der Waals surface area contributed by atoms with Gasteiger partial charge in [-0.1, -0.05) is 0 Å². The Hall–Kier alpha value is -4.15.